The molecular weight excluding hydrogens is 432 g/mol. The number of ketones is 1. The monoisotopic (exact) mass is 460 g/mol. The van der Waals surface area contributed by atoms with Gasteiger partial charge in [0.25, 0.3) is 11.7 Å². The van der Waals surface area contributed by atoms with Crippen LogP contribution in [0.15, 0.2) is 66.4 Å². The molecule has 0 radical (unpaired) electrons. The Morgan fingerprint density at radius 2 is 1.76 bits per heavy atom. The molecule has 0 spiro atoms. The number of methoxy groups -OCH3 is 1. The molecule has 1 amide bonds. The molecule has 2 aromatic carbocycles. The van der Waals surface area contributed by atoms with Crippen molar-refractivity contribution in [3.05, 3.63) is 83.2 Å². The highest BCUT2D eigenvalue weighted by Crippen LogP contribution is 2.40. The molecule has 8 heteroatoms. The Labute approximate surface area is 198 Å². The second-order valence-electron chi connectivity index (χ2n) is 8.46. The van der Waals surface area contributed by atoms with Crippen LogP contribution >= 0.6 is 0 Å². The highest BCUT2D eigenvalue weighted by Gasteiger charge is 2.46. The van der Waals surface area contributed by atoms with Crippen molar-refractivity contribution in [3.8, 4) is 11.4 Å². The van der Waals surface area contributed by atoms with Gasteiger partial charge in [-0.25, -0.2) is 4.68 Å². The third-order valence-electron chi connectivity index (χ3n) is 6.03. The molecular formula is C26H28N4O4. The van der Waals surface area contributed by atoms with Crippen LogP contribution in [-0.2, 0) is 9.59 Å². The topological polar surface area (TPSA) is 87.9 Å². The van der Waals surface area contributed by atoms with E-state index < -0.39 is 17.7 Å². The first-order chi connectivity index (χ1) is 16.3. The molecule has 4 rings (SSSR count). The Morgan fingerprint density at radius 3 is 2.38 bits per heavy atom. The van der Waals surface area contributed by atoms with Crippen LogP contribution in [0.5, 0.6) is 5.75 Å². The van der Waals surface area contributed by atoms with Crippen molar-refractivity contribution in [2.45, 2.75) is 13.0 Å². The Morgan fingerprint density at radius 1 is 1.09 bits per heavy atom. The van der Waals surface area contributed by atoms with E-state index >= 15 is 0 Å². The average Bonchev–Trinajstić information content (AvgIpc) is 3.35. The van der Waals surface area contributed by atoms with Crippen molar-refractivity contribution in [3.63, 3.8) is 0 Å². The minimum atomic E-state index is -0.717. The quantitative estimate of drug-likeness (QED) is 0.331. The van der Waals surface area contributed by atoms with E-state index in [0.29, 0.717) is 35.7 Å². The van der Waals surface area contributed by atoms with Crippen molar-refractivity contribution in [1.29, 1.82) is 0 Å². The molecule has 1 atom stereocenters. The molecule has 1 N–H and O–H groups in total. The molecule has 176 valence electrons. The Hall–Kier alpha value is -3.91. The molecule has 1 aromatic heterocycles. The van der Waals surface area contributed by atoms with Gasteiger partial charge in [0.2, 0.25) is 0 Å². The summed E-state index contributed by atoms with van der Waals surface area (Å²) in [4.78, 5) is 29.7. The number of ether oxygens (including phenoxy) is 1. The summed E-state index contributed by atoms with van der Waals surface area (Å²) in [5.41, 5.74) is 2.68. The van der Waals surface area contributed by atoms with Crippen molar-refractivity contribution < 1.29 is 19.4 Å². The van der Waals surface area contributed by atoms with Crippen LogP contribution in [0, 0.1) is 6.92 Å². The first kappa shape index (κ1) is 23.3. The van der Waals surface area contributed by atoms with Crippen molar-refractivity contribution in [2.75, 3.05) is 34.3 Å². The lowest BCUT2D eigenvalue weighted by Crippen LogP contribution is -2.35. The lowest BCUT2D eigenvalue weighted by molar-refractivity contribution is -0.140. The fourth-order valence-corrected chi connectivity index (χ4v) is 4.17. The number of aliphatic hydroxyl groups excluding tert-OH is 1. The second-order valence-corrected chi connectivity index (χ2v) is 8.46. The number of hydrogen-bond acceptors (Lipinski definition) is 6. The van der Waals surface area contributed by atoms with Crippen molar-refractivity contribution in [2.24, 2.45) is 0 Å². The number of likely N-dealkylation sites (tertiary alicyclic amines) is 1. The zero-order valence-electron chi connectivity index (χ0n) is 19.7. The van der Waals surface area contributed by atoms with Gasteiger partial charge >= 0.3 is 0 Å². The van der Waals surface area contributed by atoms with Gasteiger partial charge < -0.3 is 19.6 Å². The van der Waals surface area contributed by atoms with Crippen LogP contribution in [0.1, 0.15) is 22.9 Å². The van der Waals surface area contributed by atoms with Crippen LogP contribution in [-0.4, -0.2) is 70.7 Å². The zero-order chi connectivity index (χ0) is 24.4. The van der Waals surface area contributed by atoms with Gasteiger partial charge in [-0.15, -0.1) is 0 Å². The normalized spacial score (nSPS) is 17.6. The summed E-state index contributed by atoms with van der Waals surface area (Å²) in [7, 11) is 5.38. The standard InChI is InChI=1S/C26H28N4O4/c1-17-21(16-27-30(17)19-8-6-5-7-9-19)24(31)22-23(18-10-12-20(34-4)13-11-18)29(15-14-28(2)3)26(33)25(22)32/h5-13,16,23,31H,14-15H2,1-4H3/t23-/m0/s1. The molecule has 0 unspecified atom stereocenters. The third-order valence-corrected chi connectivity index (χ3v) is 6.03. The number of Topliss-reactive ketones (excluding diaryl/α,β-unsaturated/α-hetero) is 1. The number of carbonyl (C=O) groups is 2. The van der Waals surface area contributed by atoms with Crippen LogP contribution in [0.4, 0.5) is 0 Å². The number of carbonyl (C=O) groups excluding carboxylic acids is 2. The third kappa shape index (κ3) is 4.20. The summed E-state index contributed by atoms with van der Waals surface area (Å²) in [6.07, 6.45) is 1.52. The first-order valence-electron chi connectivity index (χ1n) is 11.0. The van der Waals surface area contributed by atoms with Crippen molar-refractivity contribution in [1.82, 2.24) is 19.6 Å². The molecule has 8 nitrogen and oxygen atoms in total. The summed E-state index contributed by atoms with van der Waals surface area (Å²) in [5.74, 6) is -0.901. The number of amides is 1. The summed E-state index contributed by atoms with van der Waals surface area (Å²) in [5, 5.41) is 15.8. The number of aromatic nitrogens is 2. The second kappa shape index (κ2) is 9.52. The number of aliphatic hydroxyl groups is 1. The van der Waals surface area contributed by atoms with E-state index in [1.54, 1.807) is 23.9 Å². The maximum absolute atomic E-state index is 13.2. The average molecular weight is 461 g/mol. The lowest BCUT2D eigenvalue weighted by Gasteiger charge is -2.26. The van der Waals surface area contributed by atoms with Crippen LogP contribution in [0.25, 0.3) is 11.4 Å². The van der Waals surface area contributed by atoms with E-state index in [9.17, 15) is 14.7 Å². The lowest BCUT2D eigenvalue weighted by atomic mass is 9.95. The molecule has 1 fully saturated rings. The number of rotatable bonds is 7. The fraction of sp³-hybridized carbons (Fsp3) is 0.269. The minimum Gasteiger partial charge on any atom is -0.507 e. The summed E-state index contributed by atoms with van der Waals surface area (Å²) < 4.78 is 6.95. The molecule has 1 aliphatic heterocycles. The zero-order valence-corrected chi connectivity index (χ0v) is 19.7. The van der Waals surface area contributed by atoms with Crippen LogP contribution in [0.3, 0.4) is 0 Å². The Kier molecular flexibility index (Phi) is 6.51. The van der Waals surface area contributed by atoms with Gasteiger partial charge in [0.15, 0.2) is 0 Å². The number of likely N-dealkylation sites (N-methyl/N-ethyl adjacent to an activating group) is 1. The van der Waals surface area contributed by atoms with E-state index in [1.807, 2.05) is 68.4 Å². The highest BCUT2D eigenvalue weighted by molar-refractivity contribution is 6.46. The number of hydrogen-bond donors (Lipinski definition) is 1. The van der Waals surface area contributed by atoms with E-state index in [4.69, 9.17) is 4.74 Å². The summed E-state index contributed by atoms with van der Waals surface area (Å²) >= 11 is 0. The van der Waals surface area contributed by atoms with Gasteiger partial charge in [0.1, 0.15) is 11.5 Å². The maximum atomic E-state index is 13.2. The van der Waals surface area contributed by atoms with Gasteiger partial charge in [-0.2, -0.15) is 5.10 Å². The smallest absolute Gasteiger partial charge is 0.295 e. The van der Waals surface area contributed by atoms with Gasteiger partial charge in [0, 0.05) is 13.1 Å². The van der Waals surface area contributed by atoms with E-state index in [2.05, 4.69) is 5.10 Å². The molecule has 0 aliphatic carbocycles. The van der Waals surface area contributed by atoms with Crippen LogP contribution < -0.4 is 4.74 Å². The van der Waals surface area contributed by atoms with Gasteiger partial charge in [-0.3, -0.25) is 9.59 Å². The van der Waals surface area contributed by atoms with E-state index in [1.165, 1.54) is 11.1 Å². The molecule has 1 saturated heterocycles. The molecule has 0 bridgehead atoms. The van der Waals surface area contributed by atoms with E-state index in [-0.39, 0.29) is 11.3 Å². The predicted octanol–water partition coefficient (Wildman–Crippen LogP) is 3.17. The summed E-state index contributed by atoms with van der Waals surface area (Å²) in [6.45, 7) is 2.73. The fourth-order valence-electron chi connectivity index (χ4n) is 4.17. The number of para-hydroxylation sites is 1. The number of benzene rings is 2. The van der Waals surface area contributed by atoms with Gasteiger partial charge in [0.05, 0.1) is 41.9 Å². The number of nitrogens with zero attached hydrogens (tertiary/aromatic N) is 4. The van der Waals surface area contributed by atoms with E-state index in [0.717, 1.165) is 5.69 Å². The Bertz CT molecular complexity index is 1230. The molecule has 3 aromatic rings. The SMILES string of the molecule is COc1ccc([C@H]2C(=C(O)c3cnn(-c4ccccc4)c3C)C(=O)C(=O)N2CCN(C)C)cc1. The van der Waals surface area contributed by atoms with Gasteiger partial charge in [-0.1, -0.05) is 30.3 Å². The molecule has 34 heavy (non-hydrogen) atoms. The predicted molar refractivity (Wildman–Crippen MR) is 129 cm³/mol. The Balaban J connectivity index is 1.83. The van der Waals surface area contributed by atoms with Crippen molar-refractivity contribution >= 4 is 17.4 Å². The summed E-state index contributed by atoms with van der Waals surface area (Å²) in [6, 6.07) is 16.0. The van der Waals surface area contributed by atoms with Crippen LogP contribution in [0.2, 0.25) is 0 Å². The van der Waals surface area contributed by atoms with Gasteiger partial charge in [-0.05, 0) is 50.8 Å². The largest absolute Gasteiger partial charge is 0.507 e. The molecule has 1 aliphatic rings. The first-order valence-corrected chi connectivity index (χ1v) is 11.0. The highest BCUT2D eigenvalue weighted by atomic mass is 16.5. The minimum absolute atomic E-state index is 0.0598. The molecule has 0 saturated carbocycles. The maximum Gasteiger partial charge on any atom is 0.295 e. The molecule has 2 heterocycles.